The van der Waals surface area contributed by atoms with Crippen molar-refractivity contribution < 1.29 is 4.42 Å². The van der Waals surface area contributed by atoms with Crippen molar-refractivity contribution in [3.63, 3.8) is 0 Å². The maximum atomic E-state index is 5.95. The van der Waals surface area contributed by atoms with Crippen LogP contribution >= 0.6 is 0 Å². The molecule has 0 aliphatic rings. The molecule has 4 rings (SSSR count). The lowest BCUT2D eigenvalue weighted by Crippen LogP contribution is -2.08. The molecule has 0 bridgehead atoms. The number of nitrogens with zero attached hydrogens (tertiary/aromatic N) is 1. The van der Waals surface area contributed by atoms with Gasteiger partial charge in [-0.3, -0.25) is 5.43 Å². The van der Waals surface area contributed by atoms with Crippen molar-refractivity contribution in [3.05, 3.63) is 84.2 Å². The maximum absolute atomic E-state index is 5.95. The lowest BCUT2D eigenvalue weighted by atomic mass is 10.1. The van der Waals surface area contributed by atoms with E-state index >= 15 is 0 Å². The summed E-state index contributed by atoms with van der Waals surface area (Å²) in [6.45, 7) is 0. The molecule has 3 nitrogen and oxygen atoms in total. The monoisotopic (exact) mass is 286 g/mol. The fraction of sp³-hybridized carbons (Fsp3) is 0. The van der Waals surface area contributed by atoms with Crippen molar-refractivity contribution in [2.24, 2.45) is 5.10 Å². The number of anilines is 1. The smallest absolute Gasteiger partial charge is 0.136 e. The number of benzene rings is 3. The Morgan fingerprint density at radius 1 is 0.636 bits per heavy atom. The highest BCUT2D eigenvalue weighted by Gasteiger charge is 2.04. The zero-order valence-corrected chi connectivity index (χ0v) is 11.9. The normalized spacial score (nSPS) is 10.7. The highest BCUT2D eigenvalue weighted by molar-refractivity contribution is 5.89. The molecule has 0 unspecified atom stereocenters. The van der Waals surface area contributed by atoms with E-state index in [0.717, 1.165) is 33.0 Å². The second-order valence-electron chi connectivity index (χ2n) is 5.03. The molecule has 1 N–H and O–H groups in total. The Labute approximate surface area is 127 Å². The minimum absolute atomic E-state index is 0.829. The first kappa shape index (κ1) is 12.7. The zero-order chi connectivity index (χ0) is 14.8. The largest absolute Gasteiger partial charge is 0.456 e. The number of fused-ring (bicyclic) bond motifs is 2. The molecule has 22 heavy (non-hydrogen) atoms. The molecule has 106 valence electrons. The van der Waals surface area contributed by atoms with Crippen LogP contribution in [0.3, 0.4) is 0 Å². The molecule has 4 aromatic rings. The van der Waals surface area contributed by atoms with Crippen molar-refractivity contribution in [3.8, 4) is 0 Å². The van der Waals surface area contributed by atoms with Gasteiger partial charge in [-0.15, -0.1) is 0 Å². The van der Waals surface area contributed by atoms with Gasteiger partial charge in [-0.05, 0) is 36.4 Å². The summed E-state index contributed by atoms with van der Waals surface area (Å²) in [4.78, 5) is 0. The van der Waals surface area contributed by atoms with E-state index in [1.807, 2.05) is 78.9 Å². The number of hydrogen-bond acceptors (Lipinski definition) is 3. The van der Waals surface area contributed by atoms with Crippen LogP contribution in [0, 0.1) is 0 Å². The molecule has 0 amide bonds. The predicted octanol–water partition coefficient (Wildman–Crippen LogP) is 4.51. The van der Waals surface area contributed by atoms with E-state index in [9.17, 15) is 0 Å². The number of para-hydroxylation sites is 3. The minimum Gasteiger partial charge on any atom is -0.456 e. The van der Waals surface area contributed by atoms with Gasteiger partial charge in [0.2, 0.25) is 0 Å². The van der Waals surface area contributed by atoms with Crippen LogP contribution in [0.1, 0.15) is 0 Å². The van der Waals surface area contributed by atoms with Gasteiger partial charge in [-0.25, -0.2) is 0 Å². The van der Waals surface area contributed by atoms with Crippen LogP contribution in [0.15, 0.2) is 88.4 Å². The van der Waals surface area contributed by atoms with Gasteiger partial charge in [-0.1, -0.05) is 42.5 Å². The van der Waals surface area contributed by atoms with Crippen molar-refractivity contribution in [1.82, 2.24) is 0 Å². The summed E-state index contributed by atoms with van der Waals surface area (Å²) in [6, 6.07) is 25.8. The molecule has 1 heterocycles. The first-order valence-electron chi connectivity index (χ1n) is 7.17. The molecule has 0 saturated heterocycles. The molecule has 0 saturated carbocycles. The average molecular weight is 286 g/mol. The Morgan fingerprint density at radius 3 is 1.82 bits per heavy atom. The molecule has 0 aliphatic heterocycles. The molecular formula is C19H14N2O. The topological polar surface area (TPSA) is 37.5 Å². The molecular weight excluding hydrogens is 272 g/mol. The molecule has 1 aromatic heterocycles. The van der Waals surface area contributed by atoms with Gasteiger partial charge >= 0.3 is 0 Å². The average Bonchev–Trinajstić information content (AvgIpc) is 2.59. The van der Waals surface area contributed by atoms with Crippen LogP contribution in [0.25, 0.3) is 21.9 Å². The van der Waals surface area contributed by atoms with Crippen LogP contribution in [-0.4, -0.2) is 0 Å². The Bertz CT molecular complexity index is 947. The Hall–Kier alpha value is -3.07. The fourth-order valence-electron chi connectivity index (χ4n) is 2.52. The molecule has 0 radical (unpaired) electrons. The summed E-state index contributed by atoms with van der Waals surface area (Å²) in [5.74, 6) is 0. The van der Waals surface area contributed by atoms with Crippen LogP contribution in [0.2, 0.25) is 0 Å². The van der Waals surface area contributed by atoms with Crippen molar-refractivity contribution in [2.75, 3.05) is 5.43 Å². The summed E-state index contributed by atoms with van der Waals surface area (Å²) in [5.41, 5.74) is 5.74. The lowest BCUT2D eigenvalue weighted by molar-refractivity contribution is 0.659. The third-order valence-electron chi connectivity index (χ3n) is 3.57. The van der Waals surface area contributed by atoms with Gasteiger partial charge in [0.25, 0.3) is 0 Å². The fourth-order valence-corrected chi connectivity index (χ4v) is 2.52. The number of hydrogen-bond donors (Lipinski definition) is 1. The maximum Gasteiger partial charge on any atom is 0.136 e. The lowest BCUT2D eigenvalue weighted by Gasteiger charge is -2.04. The Balaban J connectivity index is 2.00. The van der Waals surface area contributed by atoms with E-state index < -0.39 is 0 Å². The molecule has 0 atom stereocenters. The molecule has 0 spiro atoms. The van der Waals surface area contributed by atoms with E-state index in [-0.39, 0.29) is 0 Å². The third-order valence-corrected chi connectivity index (χ3v) is 3.57. The highest BCUT2D eigenvalue weighted by atomic mass is 16.3. The SMILES string of the molecule is c1ccc(NN=c2c3ccccc3oc3ccccc23)cc1. The predicted molar refractivity (Wildman–Crippen MR) is 89.3 cm³/mol. The second-order valence-corrected chi connectivity index (χ2v) is 5.03. The van der Waals surface area contributed by atoms with Gasteiger partial charge in [0.15, 0.2) is 0 Å². The van der Waals surface area contributed by atoms with Gasteiger partial charge in [0.05, 0.1) is 5.69 Å². The zero-order valence-electron chi connectivity index (χ0n) is 11.9. The van der Waals surface area contributed by atoms with E-state index in [2.05, 4.69) is 10.5 Å². The molecule has 3 aromatic carbocycles. The summed E-state index contributed by atoms with van der Waals surface area (Å²) in [6.07, 6.45) is 0. The Kier molecular flexibility index (Phi) is 3.09. The quantitative estimate of drug-likeness (QED) is 0.435. The van der Waals surface area contributed by atoms with Crippen LogP contribution in [-0.2, 0) is 0 Å². The molecule has 0 fully saturated rings. The van der Waals surface area contributed by atoms with Crippen molar-refractivity contribution in [1.29, 1.82) is 0 Å². The number of rotatable bonds is 2. The van der Waals surface area contributed by atoms with Crippen molar-refractivity contribution in [2.45, 2.75) is 0 Å². The molecule has 0 aliphatic carbocycles. The van der Waals surface area contributed by atoms with E-state index in [4.69, 9.17) is 4.42 Å². The van der Waals surface area contributed by atoms with Crippen LogP contribution < -0.4 is 10.8 Å². The van der Waals surface area contributed by atoms with Gasteiger partial charge in [-0.2, -0.15) is 5.10 Å². The van der Waals surface area contributed by atoms with Crippen molar-refractivity contribution >= 4 is 27.6 Å². The van der Waals surface area contributed by atoms with Gasteiger partial charge in [0.1, 0.15) is 16.5 Å². The summed E-state index contributed by atoms with van der Waals surface area (Å²) >= 11 is 0. The second kappa shape index (κ2) is 5.37. The van der Waals surface area contributed by atoms with Gasteiger partial charge in [0, 0.05) is 10.8 Å². The summed E-state index contributed by atoms with van der Waals surface area (Å²) in [5, 5.41) is 7.49. The van der Waals surface area contributed by atoms with E-state index in [0.29, 0.717) is 0 Å². The highest BCUT2D eigenvalue weighted by Crippen LogP contribution is 2.18. The van der Waals surface area contributed by atoms with Gasteiger partial charge < -0.3 is 4.42 Å². The molecule has 3 heteroatoms. The minimum atomic E-state index is 0.829. The first-order valence-corrected chi connectivity index (χ1v) is 7.17. The summed E-state index contributed by atoms with van der Waals surface area (Å²) in [7, 11) is 0. The van der Waals surface area contributed by atoms with Crippen LogP contribution in [0.4, 0.5) is 5.69 Å². The Morgan fingerprint density at radius 2 is 1.18 bits per heavy atom. The number of nitrogens with one attached hydrogen (secondary N) is 1. The first-order chi connectivity index (χ1) is 10.9. The summed E-state index contributed by atoms with van der Waals surface area (Å²) < 4.78 is 5.95. The van der Waals surface area contributed by atoms with E-state index in [1.165, 1.54) is 0 Å². The van der Waals surface area contributed by atoms with Crippen LogP contribution in [0.5, 0.6) is 0 Å². The van der Waals surface area contributed by atoms with E-state index in [1.54, 1.807) is 0 Å². The standard InChI is InChI=1S/C19H14N2O/c1-2-8-14(9-3-1)20-21-19-15-10-4-6-12-17(15)22-18-13-7-5-11-16(18)19/h1-13,20H. The third kappa shape index (κ3) is 2.23.